The Labute approximate surface area is 104 Å². The Balaban J connectivity index is 2.08. The lowest BCUT2D eigenvalue weighted by Crippen LogP contribution is -2.60. The van der Waals surface area contributed by atoms with Crippen LogP contribution < -0.4 is 5.32 Å². The molecule has 2 rings (SSSR count). The van der Waals surface area contributed by atoms with Gasteiger partial charge in [-0.05, 0) is 12.1 Å². The highest BCUT2D eigenvalue weighted by Crippen LogP contribution is 2.21. The zero-order valence-corrected chi connectivity index (χ0v) is 9.55. The number of hydrogen-bond donors (Lipinski definition) is 5. The van der Waals surface area contributed by atoms with Crippen molar-refractivity contribution in [2.45, 2.75) is 30.6 Å². The van der Waals surface area contributed by atoms with Crippen LogP contribution in [-0.2, 0) is 4.74 Å². The van der Waals surface area contributed by atoms with Gasteiger partial charge in [-0.2, -0.15) is 0 Å². The van der Waals surface area contributed by atoms with Gasteiger partial charge in [0.2, 0.25) is 0 Å². The molecule has 1 saturated heterocycles. The predicted octanol–water partition coefficient (Wildman–Crippen LogP) is -1.71. The van der Waals surface area contributed by atoms with Crippen molar-refractivity contribution in [2.24, 2.45) is 0 Å². The maximum Gasteiger partial charge on any atom is 0.158 e. The standard InChI is InChI=1S/C11H16N2O5/c14-5-6-8(15)9(16)10(17)11(18-6)13-7-3-1-2-4-12-7/h1-4,6,8-11,14-17H,5H2,(H,12,13)/t6-,8-,9+,10+,11-/m0/s1. The van der Waals surface area contributed by atoms with E-state index in [-0.39, 0.29) is 0 Å². The van der Waals surface area contributed by atoms with Gasteiger partial charge in [0, 0.05) is 6.20 Å². The summed E-state index contributed by atoms with van der Waals surface area (Å²) >= 11 is 0. The summed E-state index contributed by atoms with van der Waals surface area (Å²) in [6, 6.07) is 5.15. The van der Waals surface area contributed by atoms with Crippen LogP contribution in [0.3, 0.4) is 0 Å². The number of anilines is 1. The molecule has 1 fully saturated rings. The van der Waals surface area contributed by atoms with Gasteiger partial charge < -0.3 is 30.5 Å². The van der Waals surface area contributed by atoms with E-state index in [2.05, 4.69) is 10.3 Å². The van der Waals surface area contributed by atoms with Crippen LogP contribution in [-0.4, -0.2) is 62.7 Å². The number of aliphatic hydroxyl groups excluding tert-OH is 4. The number of aromatic nitrogens is 1. The fraction of sp³-hybridized carbons (Fsp3) is 0.545. The molecule has 1 aliphatic heterocycles. The van der Waals surface area contributed by atoms with Gasteiger partial charge in [-0.15, -0.1) is 0 Å². The molecule has 0 saturated carbocycles. The van der Waals surface area contributed by atoms with Crippen molar-refractivity contribution in [2.75, 3.05) is 11.9 Å². The lowest BCUT2D eigenvalue weighted by Gasteiger charge is -2.40. The summed E-state index contributed by atoms with van der Waals surface area (Å²) in [5.41, 5.74) is 0. The molecule has 0 radical (unpaired) electrons. The molecule has 0 amide bonds. The minimum absolute atomic E-state index is 0.453. The number of aliphatic hydroxyl groups is 4. The Kier molecular flexibility index (Phi) is 4.10. The Hall–Kier alpha value is -1.25. The number of nitrogens with one attached hydrogen (secondary N) is 1. The number of nitrogens with zero attached hydrogens (tertiary/aromatic N) is 1. The maximum atomic E-state index is 9.78. The van der Waals surface area contributed by atoms with Crippen molar-refractivity contribution < 1.29 is 25.2 Å². The highest BCUT2D eigenvalue weighted by Gasteiger charge is 2.43. The van der Waals surface area contributed by atoms with Crippen LogP contribution in [0.5, 0.6) is 0 Å². The number of hydrogen-bond acceptors (Lipinski definition) is 7. The molecule has 1 aromatic heterocycles. The van der Waals surface area contributed by atoms with E-state index in [9.17, 15) is 15.3 Å². The molecule has 18 heavy (non-hydrogen) atoms. The summed E-state index contributed by atoms with van der Waals surface area (Å²) in [6.07, 6.45) is -4.37. The van der Waals surface area contributed by atoms with E-state index >= 15 is 0 Å². The number of ether oxygens (including phenoxy) is 1. The van der Waals surface area contributed by atoms with Gasteiger partial charge in [0.05, 0.1) is 6.61 Å². The molecule has 0 unspecified atom stereocenters. The second-order valence-electron chi connectivity index (χ2n) is 4.11. The molecule has 0 aromatic carbocycles. The van der Waals surface area contributed by atoms with E-state index in [1.165, 1.54) is 0 Å². The molecule has 7 nitrogen and oxygen atoms in total. The second-order valence-corrected chi connectivity index (χ2v) is 4.11. The van der Waals surface area contributed by atoms with Crippen LogP contribution in [0.25, 0.3) is 0 Å². The van der Waals surface area contributed by atoms with E-state index in [1.807, 2.05) is 0 Å². The Bertz CT molecular complexity index is 375. The molecule has 7 heteroatoms. The highest BCUT2D eigenvalue weighted by atomic mass is 16.6. The monoisotopic (exact) mass is 256 g/mol. The maximum absolute atomic E-state index is 9.78. The van der Waals surface area contributed by atoms with Crippen LogP contribution >= 0.6 is 0 Å². The number of pyridine rings is 1. The zero-order valence-electron chi connectivity index (χ0n) is 9.55. The molecule has 0 bridgehead atoms. The normalized spacial score (nSPS) is 36.3. The van der Waals surface area contributed by atoms with Gasteiger partial charge >= 0.3 is 0 Å². The molecule has 1 aromatic rings. The van der Waals surface area contributed by atoms with E-state index in [0.717, 1.165) is 0 Å². The van der Waals surface area contributed by atoms with Gasteiger partial charge in [0.25, 0.3) is 0 Å². The smallest absolute Gasteiger partial charge is 0.158 e. The molecule has 5 N–H and O–H groups in total. The van der Waals surface area contributed by atoms with Gasteiger partial charge in [-0.3, -0.25) is 0 Å². The molecular weight excluding hydrogens is 240 g/mol. The van der Waals surface area contributed by atoms with Gasteiger partial charge in [-0.1, -0.05) is 6.07 Å². The third kappa shape index (κ3) is 2.60. The van der Waals surface area contributed by atoms with E-state index in [0.29, 0.717) is 5.82 Å². The average molecular weight is 256 g/mol. The first-order valence-corrected chi connectivity index (χ1v) is 5.61. The molecule has 0 aliphatic carbocycles. The van der Waals surface area contributed by atoms with E-state index in [4.69, 9.17) is 9.84 Å². The van der Waals surface area contributed by atoms with Crippen molar-refractivity contribution in [1.82, 2.24) is 4.98 Å². The summed E-state index contributed by atoms with van der Waals surface area (Å²) in [7, 11) is 0. The van der Waals surface area contributed by atoms with Crippen LogP contribution in [0.2, 0.25) is 0 Å². The highest BCUT2D eigenvalue weighted by molar-refractivity contribution is 5.34. The van der Waals surface area contributed by atoms with Crippen LogP contribution in [0.4, 0.5) is 5.82 Å². The Morgan fingerprint density at radius 1 is 1.17 bits per heavy atom. The van der Waals surface area contributed by atoms with Crippen molar-refractivity contribution in [3.05, 3.63) is 24.4 Å². The molecule has 5 atom stereocenters. The Morgan fingerprint density at radius 2 is 1.94 bits per heavy atom. The topological polar surface area (TPSA) is 115 Å². The first-order valence-electron chi connectivity index (χ1n) is 5.61. The minimum Gasteiger partial charge on any atom is -0.394 e. The molecule has 100 valence electrons. The summed E-state index contributed by atoms with van der Waals surface area (Å²) in [5, 5.41) is 40.8. The minimum atomic E-state index is -1.39. The second kappa shape index (κ2) is 5.59. The summed E-state index contributed by atoms with van der Waals surface area (Å²) in [6.45, 7) is -0.453. The molecular formula is C11H16N2O5. The van der Waals surface area contributed by atoms with Crippen LogP contribution in [0.15, 0.2) is 24.4 Å². The fourth-order valence-corrected chi connectivity index (χ4v) is 1.81. The van der Waals surface area contributed by atoms with Crippen LogP contribution in [0.1, 0.15) is 0 Å². The third-order valence-electron chi connectivity index (χ3n) is 2.85. The summed E-state index contributed by atoms with van der Waals surface area (Å²) < 4.78 is 5.27. The van der Waals surface area contributed by atoms with E-state index < -0.39 is 37.3 Å². The van der Waals surface area contributed by atoms with Crippen LogP contribution in [0, 0.1) is 0 Å². The van der Waals surface area contributed by atoms with Gasteiger partial charge in [0.1, 0.15) is 30.2 Å². The van der Waals surface area contributed by atoms with E-state index in [1.54, 1.807) is 24.4 Å². The van der Waals surface area contributed by atoms with Gasteiger partial charge in [-0.25, -0.2) is 4.98 Å². The molecule has 1 aliphatic rings. The lowest BCUT2D eigenvalue weighted by molar-refractivity contribution is -0.221. The van der Waals surface area contributed by atoms with Gasteiger partial charge in [0.15, 0.2) is 6.23 Å². The SMILES string of the molecule is OC[C@@H]1O[C@H](Nc2ccccn2)[C@H](O)[C@H](O)[C@H]1O. The summed E-state index contributed by atoms with van der Waals surface area (Å²) in [4.78, 5) is 3.99. The average Bonchev–Trinajstić information content (AvgIpc) is 2.40. The quantitative estimate of drug-likeness (QED) is 0.437. The van der Waals surface area contributed by atoms with Crippen molar-refractivity contribution in [3.8, 4) is 0 Å². The fourth-order valence-electron chi connectivity index (χ4n) is 1.81. The first-order chi connectivity index (χ1) is 8.63. The number of rotatable bonds is 3. The zero-order chi connectivity index (χ0) is 13.1. The van der Waals surface area contributed by atoms with Crippen molar-refractivity contribution in [1.29, 1.82) is 0 Å². The lowest BCUT2D eigenvalue weighted by atomic mass is 9.98. The Morgan fingerprint density at radius 3 is 2.56 bits per heavy atom. The van der Waals surface area contributed by atoms with Crippen molar-refractivity contribution >= 4 is 5.82 Å². The summed E-state index contributed by atoms with van der Waals surface area (Å²) in [5.74, 6) is 0.460. The molecule has 0 spiro atoms. The first kappa shape index (κ1) is 13.2. The molecule has 2 heterocycles. The third-order valence-corrected chi connectivity index (χ3v) is 2.85. The largest absolute Gasteiger partial charge is 0.394 e. The van der Waals surface area contributed by atoms with Crippen molar-refractivity contribution in [3.63, 3.8) is 0 Å². The predicted molar refractivity (Wildman–Crippen MR) is 61.6 cm³/mol.